The second kappa shape index (κ2) is 7.04. The molecule has 3 aromatic heterocycles. The number of nitrogens with one attached hydrogen (secondary N) is 2. The zero-order valence-electron chi connectivity index (χ0n) is 15.5. The first-order chi connectivity index (χ1) is 13.5. The van der Waals surface area contributed by atoms with Crippen LogP contribution in [0.2, 0.25) is 0 Å². The molecule has 0 spiro atoms. The van der Waals surface area contributed by atoms with Crippen LogP contribution in [0.5, 0.6) is 0 Å². The maximum absolute atomic E-state index is 12.4. The fraction of sp³-hybridized carbons (Fsp3) is 0.200. The highest BCUT2D eigenvalue weighted by molar-refractivity contribution is 5.94. The normalized spacial score (nSPS) is 11.9. The summed E-state index contributed by atoms with van der Waals surface area (Å²) in [6.07, 6.45) is 3.71. The Kier molecular flexibility index (Phi) is 4.41. The second-order valence-corrected chi connectivity index (χ2v) is 6.60. The monoisotopic (exact) mass is 373 g/mol. The number of carbonyl (C=O) groups excluding carboxylic acids is 1. The van der Waals surface area contributed by atoms with Gasteiger partial charge >= 0.3 is 0 Å². The molecule has 4 rings (SSSR count). The first kappa shape index (κ1) is 17.5. The summed E-state index contributed by atoms with van der Waals surface area (Å²) < 4.78 is 1.60. The third-order valence-corrected chi connectivity index (χ3v) is 4.36. The van der Waals surface area contributed by atoms with Gasteiger partial charge in [0.1, 0.15) is 5.69 Å². The molecule has 3 heterocycles. The van der Waals surface area contributed by atoms with Gasteiger partial charge in [-0.15, -0.1) is 0 Å². The van der Waals surface area contributed by atoms with Gasteiger partial charge in [-0.25, -0.2) is 14.5 Å². The summed E-state index contributed by atoms with van der Waals surface area (Å²) in [5, 5.41) is 7.11. The van der Waals surface area contributed by atoms with E-state index in [2.05, 4.69) is 37.2 Å². The van der Waals surface area contributed by atoms with Crippen LogP contribution in [0.25, 0.3) is 16.7 Å². The zero-order chi connectivity index (χ0) is 19.7. The van der Waals surface area contributed by atoms with Gasteiger partial charge in [-0.3, -0.25) is 4.79 Å². The molecule has 0 fully saturated rings. The molecule has 28 heavy (non-hydrogen) atoms. The van der Waals surface area contributed by atoms with E-state index in [0.29, 0.717) is 29.3 Å². The quantitative estimate of drug-likeness (QED) is 0.476. The number of benzene rings is 1. The van der Waals surface area contributed by atoms with Crippen LogP contribution in [0.4, 0.5) is 5.69 Å². The minimum atomic E-state index is -0.255. The minimum absolute atomic E-state index is 0.147. The number of rotatable bonds is 3. The Labute approximate surface area is 161 Å². The number of amides is 1. The van der Waals surface area contributed by atoms with Crippen molar-refractivity contribution in [3.8, 4) is 11.8 Å². The van der Waals surface area contributed by atoms with Crippen molar-refractivity contribution in [2.75, 3.05) is 5.73 Å². The molecule has 0 saturated heterocycles. The maximum atomic E-state index is 12.4. The van der Waals surface area contributed by atoms with Crippen LogP contribution in [0.3, 0.4) is 0 Å². The number of fused-ring (bicyclic) bond motifs is 2. The average Bonchev–Trinajstić information content (AvgIpc) is 3.28. The van der Waals surface area contributed by atoms with Crippen molar-refractivity contribution in [2.24, 2.45) is 0 Å². The number of aromatic nitrogens is 5. The number of carbonyl (C=O) groups is 1. The number of hydrogen-bond donors (Lipinski definition) is 3. The molecule has 0 bridgehead atoms. The molecule has 4 aromatic rings. The number of nitrogens with two attached hydrogens (primary N) is 1. The minimum Gasteiger partial charge on any atom is -0.396 e. The SMILES string of the molecule is Cc1cccc2[nH]c(C(=O)NC(C)CC#Cc3cnc4c(N)ccnn34)nc12. The third kappa shape index (κ3) is 3.25. The third-order valence-electron chi connectivity index (χ3n) is 4.36. The van der Waals surface area contributed by atoms with Crippen molar-refractivity contribution in [1.82, 2.24) is 29.9 Å². The van der Waals surface area contributed by atoms with E-state index < -0.39 is 0 Å². The van der Waals surface area contributed by atoms with Crippen molar-refractivity contribution in [3.63, 3.8) is 0 Å². The molecule has 140 valence electrons. The van der Waals surface area contributed by atoms with Gasteiger partial charge in [0, 0.05) is 12.5 Å². The highest BCUT2D eigenvalue weighted by atomic mass is 16.2. The maximum Gasteiger partial charge on any atom is 0.287 e. The molecule has 1 unspecified atom stereocenters. The van der Waals surface area contributed by atoms with E-state index >= 15 is 0 Å². The number of para-hydroxylation sites is 1. The first-order valence-corrected chi connectivity index (χ1v) is 8.86. The lowest BCUT2D eigenvalue weighted by Gasteiger charge is -2.08. The molecule has 1 aromatic carbocycles. The van der Waals surface area contributed by atoms with Gasteiger partial charge in [0.25, 0.3) is 5.91 Å². The van der Waals surface area contributed by atoms with E-state index in [4.69, 9.17) is 5.73 Å². The largest absolute Gasteiger partial charge is 0.396 e. The standard InChI is InChI=1S/C20H19N7O/c1-12-5-3-8-16-17(12)26-18(25-16)20(28)24-13(2)6-4-7-14-11-22-19-15(21)9-10-23-27(14)19/h3,5,8-11,13H,6,21H2,1-2H3,(H,24,28)(H,25,26). The summed E-state index contributed by atoms with van der Waals surface area (Å²) in [5.74, 6) is 6.12. The van der Waals surface area contributed by atoms with Gasteiger partial charge in [0.15, 0.2) is 11.5 Å². The van der Waals surface area contributed by atoms with Gasteiger partial charge in [-0.2, -0.15) is 5.10 Å². The lowest BCUT2D eigenvalue weighted by Crippen LogP contribution is -2.32. The number of hydrogen-bond acceptors (Lipinski definition) is 5. The van der Waals surface area contributed by atoms with Crippen LogP contribution in [0.15, 0.2) is 36.7 Å². The number of anilines is 1. The molecular formula is C20H19N7O. The van der Waals surface area contributed by atoms with Crippen LogP contribution in [0, 0.1) is 18.8 Å². The van der Waals surface area contributed by atoms with E-state index in [1.165, 1.54) is 0 Å². The van der Waals surface area contributed by atoms with Crippen molar-refractivity contribution in [3.05, 3.63) is 53.7 Å². The van der Waals surface area contributed by atoms with Crippen LogP contribution in [-0.4, -0.2) is 36.5 Å². The van der Waals surface area contributed by atoms with Crippen molar-refractivity contribution < 1.29 is 4.79 Å². The highest BCUT2D eigenvalue weighted by Crippen LogP contribution is 2.15. The van der Waals surface area contributed by atoms with E-state index in [9.17, 15) is 4.79 Å². The fourth-order valence-corrected chi connectivity index (χ4v) is 2.92. The molecule has 0 aliphatic rings. The lowest BCUT2D eigenvalue weighted by atomic mass is 10.2. The second-order valence-electron chi connectivity index (χ2n) is 6.60. The topological polar surface area (TPSA) is 114 Å². The van der Waals surface area contributed by atoms with E-state index in [0.717, 1.165) is 16.6 Å². The average molecular weight is 373 g/mol. The van der Waals surface area contributed by atoms with Crippen LogP contribution < -0.4 is 11.1 Å². The van der Waals surface area contributed by atoms with Gasteiger partial charge in [-0.1, -0.05) is 18.1 Å². The summed E-state index contributed by atoms with van der Waals surface area (Å²) in [6.45, 7) is 3.86. The van der Waals surface area contributed by atoms with Gasteiger partial charge in [0.05, 0.1) is 29.1 Å². The molecule has 8 heteroatoms. The van der Waals surface area contributed by atoms with Crippen LogP contribution in [-0.2, 0) is 0 Å². The highest BCUT2D eigenvalue weighted by Gasteiger charge is 2.14. The fourth-order valence-electron chi connectivity index (χ4n) is 2.92. The van der Waals surface area contributed by atoms with Gasteiger partial charge < -0.3 is 16.0 Å². The predicted octanol–water partition coefficient (Wildman–Crippen LogP) is 2.06. The molecule has 8 nitrogen and oxygen atoms in total. The number of H-pyrrole nitrogens is 1. The first-order valence-electron chi connectivity index (χ1n) is 8.86. The Bertz CT molecular complexity index is 1240. The molecule has 0 aliphatic heterocycles. The molecule has 4 N–H and O–H groups in total. The predicted molar refractivity (Wildman–Crippen MR) is 107 cm³/mol. The molecular weight excluding hydrogens is 354 g/mol. The zero-order valence-corrected chi connectivity index (χ0v) is 15.5. The van der Waals surface area contributed by atoms with E-state index in [1.807, 2.05) is 32.0 Å². The number of nitrogen functional groups attached to an aromatic ring is 1. The summed E-state index contributed by atoms with van der Waals surface area (Å²) in [5.41, 5.74) is 10.3. The van der Waals surface area contributed by atoms with Crippen LogP contribution in [0.1, 0.15) is 35.2 Å². The van der Waals surface area contributed by atoms with Crippen LogP contribution >= 0.6 is 0 Å². The van der Waals surface area contributed by atoms with Crippen molar-refractivity contribution in [1.29, 1.82) is 0 Å². The molecule has 1 amide bonds. The Morgan fingerprint density at radius 3 is 3.07 bits per heavy atom. The number of aryl methyl sites for hydroxylation is 1. The Morgan fingerprint density at radius 1 is 1.39 bits per heavy atom. The number of imidazole rings is 2. The van der Waals surface area contributed by atoms with Crippen molar-refractivity contribution in [2.45, 2.75) is 26.3 Å². The van der Waals surface area contributed by atoms with Gasteiger partial charge in [0.2, 0.25) is 0 Å². The summed E-state index contributed by atoms with van der Waals surface area (Å²) in [7, 11) is 0. The molecule has 1 atom stereocenters. The smallest absolute Gasteiger partial charge is 0.287 e. The molecule has 0 aliphatic carbocycles. The van der Waals surface area contributed by atoms with E-state index in [1.54, 1.807) is 23.0 Å². The Morgan fingerprint density at radius 2 is 2.25 bits per heavy atom. The Balaban J connectivity index is 1.43. The molecule has 0 radical (unpaired) electrons. The lowest BCUT2D eigenvalue weighted by molar-refractivity contribution is 0.0931. The summed E-state index contributed by atoms with van der Waals surface area (Å²) >= 11 is 0. The summed E-state index contributed by atoms with van der Waals surface area (Å²) in [6, 6.07) is 7.34. The van der Waals surface area contributed by atoms with Gasteiger partial charge in [-0.05, 0) is 37.5 Å². The molecule has 0 saturated carbocycles. The number of nitrogens with zero attached hydrogens (tertiary/aromatic N) is 4. The summed E-state index contributed by atoms with van der Waals surface area (Å²) in [4.78, 5) is 24.1. The van der Waals surface area contributed by atoms with E-state index in [-0.39, 0.29) is 11.9 Å². The van der Waals surface area contributed by atoms with Crippen molar-refractivity contribution >= 4 is 28.3 Å². The number of aromatic amines is 1. The Hall–Kier alpha value is -3.86.